The number of halogens is 5. The largest absolute Gasteiger partial charge is 0.458 e. The Bertz CT molecular complexity index is 946. The van der Waals surface area contributed by atoms with Gasteiger partial charge in [-0.25, -0.2) is 8.78 Å². The molecule has 0 radical (unpaired) electrons. The zero-order valence-corrected chi connectivity index (χ0v) is 15.9. The summed E-state index contributed by atoms with van der Waals surface area (Å²) in [6.45, 7) is -0.503. The predicted octanol–water partition coefficient (Wildman–Crippen LogP) is 3.36. The smallest absolute Gasteiger partial charge is 0.416 e. The Balaban J connectivity index is 1.95. The zero-order chi connectivity index (χ0) is 22.8. The predicted molar refractivity (Wildman–Crippen MR) is 99.7 cm³/mol. The molecule has 0 spiro atoms. The van der Waals surface area contributed by atoms with Gasteiger partial charge in [0.15, 0.2) is 11.6 Å². The molecule has 4 atom stereocenters. The molecule has 1 aliphatic rings. The highest BCUT2D eigenvalue weighted by Gasteiger charge is 2.39. The lowest BCUT2D eigenvalue weighted by Crippen LogP contribution is -2.51. The van der Waals surface area contributed by atoms with Crippen LogP contribution >= 0.6 is 0 Å². The maximum atomic E-state index is 14.4. The average molecular weight is 446 g/mol. The van der Waals surface area contributed by atoms with Crippen molar-refractivity contribution in [2.75, 3.05) is 6.61 Å². The Labute approximate surface area is 174 Å². The Hall–Kier alpha value is -2.53. The summed E-state index contributed by atoms with van der Waals surface area (Å²) < 4.78 is 78.3. The monoisotopic (exact) mass is 446 g/mol. The molecule has 2 aromatic rings. The summed E-state index contributed by atoms with van der Waals surface area (Å²) in [4.78, 5) is 0. The van der Waals surface area contributed by atoms with Crippen LogP contribution in [-0.2, 0) is 10.9 Å². The molecule has 0 bridgehead atoms. The Morgan fingerprint density at radius 3 is 2.42 bits per heavy atom. The molecule has 0 saturated carbocycles. The first kappa shape index (κ1) is 23.1. The number of aliphatic hydroxyl groups excluding tert-OH is 3. The quantitative estimate of drug-likeness (QED) is 0.485. The molecule has 1 saturated heterocycles. The maximum Gasteiger partial charge on any atom is 0.416 e. The van der Waals surface area contributed by atoms with Crippen molar-refractivity contribution in [3.63, 3.8) is 0 Å². The lowest BCUT2D eigenvalue weighted by Gasteiger charge is -2.36. The fourth-order valence-electron chi connectivity index (χ4n) is 3.16. The van der Waals surface area contributed by atoms with Gasteiger partial charge in [0.25, 0.3) is 0 Å². The van der Waals surface area contributed by atoms with E-state index in [0.29, 0.717) is 6.07 Å². The molecule has 1 aliphatic heterocycles. The van der Waals surface area contributed by atoms with Crippen molar-refractivity contribution in [2.45, 2.75) is 37.2 Å². The molecule has 2 aromatic carbocycles. The zero-order valence-electron chi connectivity index (χ0n) is 15.9. The highest BCUT2D eigenvalue weighted by molar-refractivity contribution is 5.74. The first-order valence-corrected chi connectivity index (χ1v) is 9.22. The molecule has 3 N–H and O–H groups in total. The average Bonchev–Trinajstić information content (AvgIpc) is 2.71. The Morgan fingerprint density at radius 1 is 1.06 bits per heavy atom. The number of hydrogen-bond acceptors (Lipinski definition) is 5. The van der Waals surface area contributed by atoms with Crippen molar-refractivity contribution < 1.29 is 46.7 Å². The molecule has 0 aromatic heterocycles. The van der Waals surface area contributed by atoms with Crippen molar-refractivity contribution in [1.82, 2.24) is 0 Å². The Kier molecular flexibility index (Phi) is 6.95. The molecular weight excluding hydrogens is 427 g/mol. The summed E-state index contributed by atoms with van der Waals surface area (Å²) >= 11 is 0. The molecular formula is C21H19F5O5. The molecule has 0 aliphatic carbocycles. The third-order valence-electron chi connectivity index (χ3n) is 4.69. The van der Waals surface area contributed by atoms with Crippen LogP contribution in [-0.4, -0.2) is 46.5 Å². The summed E-state index contributed by atoms with van der Waals surface area (Å²) in [5.74, 6) is -2.80. The van der Waals surface area contributed by atoms with Gasteiger partial charge in [-0.3, -0.25) is 0 Å². The van der Waals surface area contributed by atoms with E-state index >= 15 is 0 Å². The molecule has 1 unspecified atom stereocenters. The third kappa shape index (κ3) is 5.40. The fraction of sp³-hybridized carbons (Fsp3) is 0.333. The van der Waals surface area contributed by atoms with Gasteiger partial charge in [-0.05, 0) is 17.7 Å². The van der Waals surface area contributed by atoms with Gasteiger partial charge in [0.05, 0.1) is 24.4 Å². The van der Waals surface area contributed by atoms with E-state index in [-0.39, 0.29) is 17.5 Å². The lowest BCUT2D eigenvalue weighted by molar-refractivity contribution is -0.241. The Morgan fingerprint density at radius 2 is 1.74 bits per heavy atom. The number of rotatable bonds is 5. The minimum atomic E-state index is -4.64. The van der Waals surface area contributed by atoms with Crippen LogP contribution < -0.4 is 4.74 Å². The van der Waals surface area contributed by atoms with Crippen LogP contribution in [0, 0.1) is 11.6 Å². The number of benzene rings is 2. The third-order valence-corrected chi connectivity index (χ3v) is 4.69. The van der Waals surface area contributed by atoms with Gasteiger partial charge in [0.1, 0.15) is 11.9 Å². The summed E-state index contributed by atoms with van der Waals surface area (Å²) in [6, 6.07) is 5.96. The van der Waals surface area contributed by atoms with Gasteiger partial charge < -0.3 is 24.8 Å². The van der Waals surface area contributed by atoms with E-state index in [1.165, 1.54) is 18.2 Å². The van der Waals surface area contributed by atoms with E-state index < -0.39 is 60.3 Å². The van der Waals surface area contributed by atoms with Crippen molar-refractivity contribution in [2.24, 2.45) is 0 Å². The molecule has 31 heavy (non-hydrogen) atoms. The second-order valence-electron chi connectivity index (χ2n) is 6.94. The van der Waals surface area contributed by atoms with E-state index in [1.54, 1.807) is 0 Å². The minimum absolute atomic E-state index is 0.0928. The second kappa shape index (κ2) is 9.31. The summed E-state index contributed by atoms with van der Waals surface area (Å²) in [5, 5.41) is 29.2. The molecule has 168 valence electrons. The van der Waals surface area contributed by atoms with Crippen molar-refractivity contribution in [3.8, 4) is 5.75 Å². The van der Waals surface area contributed by atoms with Crippen LogP contribution in [0.25, 0.3) is 12.2 Å². The van der Waals surface area contributed by atoms with Crippen LogP contribution in [0.3, 0.4) is 0 Å². The van der Waals surface area contributed by atoms with Gasteiger partial charge in [0.2, 0.25) is 6.29 Å². The SMILES string of the molecule is OC[C@@H]1C[C@H](O)C(O)[C@H](Oc2c(F)cc(F)cc2/C=C/c2ccccc2C(F)(F)F)O1. The molecule has 1 heterocycles. The molecule has 1 fully saturated rings. The van der Waals surface area contributed by atoms with Gasteiger partial charge in [-0.2, -0.15) is 13.2 Å². The van der Waals surface area contributed by atoms with Gasteiger partial charge >= 0.3 is 6.18 Å². The van der Waals surface area contributed by atoms with E-state index in [9.17, 15) is 37.3 Å². The standard InChI is InChI=1S/C21H19F5O5/c22-13-7-12(6-5-11-3-1-2-4-15(11)21(24,25)26)19(16(23)8-13)31-20-18(29)17(28)9-14(10-27)30-20/h1-8,14,17-18,20,27-29H,9-10H2/b6-5+/t14-,17-,18?,20-/m0/s1. The van der Waals surface area contributed by atoms with Gasteiger partial charge in [0, 0.05) is 18.1 Å². The summed E-state index contributed by atoms with van der Waals surface area (Å²) in [7, 11) is 0. The fourth-order valence-corrected chi connectivity index (χ4v) is 3.16. The number of hydrogen-bond donors (Lipinski definition) is 3. The van der Waals surface area contributed by atoms with E-state index in [1.807, 2.05) is 0 Å². The number of alkyl halides is 3. The van der Waals surface area contributed by atoms with E-state index in [0.717, 1.165) is 24.3 Å². The second-order valence-corrected chi connectivity index (χ2v) is 6.94. The van der Waals surface area contributed by atoms with Crippen molar-refractivity contribution in [3.05, 3.63) is 64.7 Å². The normalized spacial score (nSPS) is 24.5. The lowest BCUT2D eigenvalue weighted by atomic mass is 10.0. The molecule has 0 amide bonds. The molecule has 3 rings (SSSR count). The highest BCUT2D eigenvalue weighted by atomic mass is 19.4. The van der Waals surface area contributed by atoms with Crippen LogP contribution in [0.15, 0.2) is 36.4 Å². The maximum absolute atomic E-state index is 14.4. The minimum Gasteiger partial charge on any atom is -0.458 e. The highest BCUT2D eigenvalue weighted by Crippen LogP contribution is 2.34. The van der Waals surface area contributed by atoms with Crippen LogP contribution in [0.2, 0.25) is 0 Å². The van der Waals surface area contributed by atoms with E-state index in [2.05, 4.69) is 0 Å². The molecule has 10 heteroatoms. The van der Waals surface area contributed by atoms with Gasteiger partial charge in [-0.1, -0.05) is 30.4 Å². The summed E-state index contributed by atoms with van der Waals surface area (Å²) in [5.41, 5.74) is -1.44. The number of aliphatic hydroxyl groups is 3. The molecule has 5 nitrogen and oxygen atoms in total. The van der Waals surface area contributed by atoms with Crippen molar-refractivity contribution in [1.29, 1.82) is 0 Å². The topological polar surface area (TPSA) is 79.2 Å². The first-order valence-electron chi connectivity index (χ1n) is 9.22. The van der Waals surface area contributed by atoms with Crippen LogP contribution in [0.4, 0.5) is 22.0 Å². The van der Waals surface area contributed by atoms with Crippen molar-refractivity contribution >= 4 is 12.2 Å². The van der Waals surface area contributed by atoms with Crippen LogP contribution in [0.5, 0.6) is 5.75 Å². The first-order chi connectivity index (χ1) is 14.6. The van der Waals surface area contributed by atoms with Crippen LogP contribution in [0.1, 0.15) is 23.1 Å². The number of ether oxygens (including phenoxy) is 2. The van der Waals surface area contributed by atoms with E-state index in [4.69, 9.17) is 9.47 Å². The van der Waals surface area contributed by atoms with Gasteiger partial charge in [-0.15, -0.1) is 0 Å². The summed E-state index contributed by atoms with van der Waals surface area (Å²) in [6.07, 6.45) is -8.12.